The van der Waals surface area contributed by atoms with Gasteiger partial charge in [-0.3, -0.25) is 4.79 Å². The van der Waals surface area contributed by atoms with Crippen molar-refractivity contribution in [2.45, 2.75) is 64.4 Å². The van der Waals surface area contributed by atoms with E-state index in [0.717, 1.165) is 0 Å². The molecule has 1 aromatic rings. The van der Waals surface area contributed by atoms with Crippen molar-refractivity contribution in [3.8, 4) is 17.9 Å². The Kier molecular flexibility index (Phi) is 8.30. The Morgan fingerprint density at radius 2 is 1.74 bits per heavy atom. The summed E-state index contributed by atoms with van der Waals surface area (Å²) in [6.45, 7) is 4.47. The van der Waals surface area contributed by atoms with Crippen LogP contribution in [-0.2, 0) is 0 Å². The minimum absolute atomic E-state index is 0.0155. The number of rotatable bonds is 5. The maximum absolute atomic E-state index is 13.0. The van der Waals surface area contributed by atoms with Gasteiger partial charge in [-0.25, -0.2) is 0 Å². The second kappa shape index (κ2) is 10.7. The van der Waals surface area contributed by atoms with E-state index in [0.29, 0.717) is 43.4 Å². The highest BCUT2D eigenvalue weighted by molar-refractivity contribution is 6.04. The van der Waals surface area contributed by atoms with Crippen molar-refractivity contribution in [2.75, 3.05) is 13.1 Å². The minimum Gasteiger partial charge on any atom is -0.489 e. The lowest BCUT2D eigenvalue weighted by Crippen LogP contribution is -2.48. The number of ether oxygens (including phenoxy) is 1. The molecular formula is C22H29N3O2. The number of hydrogen-bond donors (Lipinski definition) is 1. The van der Waals surface area contributed by atoms with Gasteiger partial charge in [-0.1, -0.05) is 25.5 Å². The van der Waals surface area contributed by atoms with Crippen LogP contribution in [0.2, 0.25) is 0 Å². The smallest absolute Gasteiger partial charge is 0.176 e. The highest BCUT2D eigenvalue weighted by Gasteiger charge is 2.49. The number of hydrogen-bond acceptors (Lipinski definition) is 5. The third kappa shape index (κ3) is 5.08. The summed E-state index contributed by atoms with van der Waals surface area (Å²) in [5.74, 6) is 0.626. The first-order valence-electron chi connectivity index (χ1n) is 9.94. The highest BCUT2D eigenvalue weighted by atomic mass is 16.5. The molecule has 1 fully saturated rings. The number of nitriles is 2. The molecule has 27 heavy (non-hydrogen) atoms. The van der Waals surface area contributed by atoms with Gasteiger partial charge in [0.25, 0.3) is 0 Å². The molecule has 0 aromatic heterocycles. The molecule has 0 radical (unpaired) electrons. The van der Waals surface area contributed by atoms with Gasteiger partial charge in [-0.05, 0) is 57.3 Å². The first-order valence-corrected chi connectivity index (χ1v) is 9.94. The normalized spacial score (nSPS) is 20.1. The van der Waals surface area contributed by atoms with Gasteiger partial charge in [0.2, 0.25) is 0 Å². The first-order chi connectivity index (χ1) is 13.2. The summed E-state index contributed by atoms with van der Waals surface area (Å²) in [6.07, 6.45) is 6.08. The van der Waals surface area contributed by atoms with Crippen molar-refractivity contribution in [3.63, 3.8) is 0 Å². The third-order valence-corrected chi connectivity index (χ3v) is 5.41. The van der Waals surface area contributed by atoms with Crippen LogP contribution in [0.5, 0.6) is 5.75 Å². The van der Waals surface area contributed by atoms with Crippen molar-refractivity contribution in [1.82, 2.24) is 5.32 Å². The van der Waals surface area contributed by atoms with Gasteiger partial charge in [-0.2, -0.15) is 10.5 Å². The largest absolute Gasteiger partial charge is 0.489 e. The molecule has 0 spiro atoms. The molecule has 3 rings (SSSR count). The van der Waals surface area contributed by atoms with Gasteiger partial charge >= 0.3 is 0 Å². The van der Waals surface area contributed by atoms with Crippen LogP contribution in [0.25, 0.3) is 0 Å². The Labute approximate surface area is 162 Å². The Hall–Kier alpha value is -2.37. The van der Waals surface area contributed by atoms with Gasteiger partial charge in [-0.15, -0.1) is 0 Å². The predicted octanol–water partition coefficient (Wildman–Crippen LogP) is 4.39. The van der Waals surface area contributed by atoms with Crippen molar-refractivity contribution >= 4 is 5.78 Å². The molecule has 1 N–H and O–H groups in total. The number of nitrogens with one attached hydrogen (secondary N) is 1. The van der Waals surface area contributed by atoms with Crippen LogP contribution in [-0.4, -0.2) is 25.0 Å². The standard InChI is InChI=1S/C17H18N2O2.C5H11N/c1-2-15-17(9-5-11-18,10-6-12-19)16(20)13-7-3-4-8-14(13)21-15;1-2-4-6-5-3-1/h3-4,7-8,15H,2,5-6,9-10H2,1H3;6H,1-5H2. The molecule has 144 valence electrons. The van der Waals surface area contributed by atoms with Crippen LogP contribution < -0.4 is 10.1 Å². The zero-order chi connectivity index (χ0) is 19.5. The van der Waals surface area contributed by atoms with E-state index in [-0.39, 0.29) is 11.9 Å². The van der Waals surface area contributed by atoms with Gasteiger partial charge in [0.15, 0.2) is 5.78 Å². The summed E-state index contributed by atoms with van der Waals surface area (Å²) < 4.78 is 6.02. The van der Waals surface area contributed by atoms with E-state index in [1.165, 1.54) is 32.4 Å². The molecule has 0 saturated carbocycles. The second-order valence-corrected chi connectivity index (χ2v) is 7.12. The topological polar surface area (TPSA) is 85.9 Å². The van der Waals surface area contributed by atoms with E-state index in [2.05, 4.69) is 17.5 Å². The number of nitrogens with zero attached hydrogens (tertiary/aromatic N) is 2. The lowest BCUT2D eigenvalue weighted by Gasteiger charge is -2.42. The summed E-state index contributed by atoms with van der Waals surface area (Å²) >= 11 is 0. The van der Waals surface area contributed by atoms with E-state index in [4.69, 9.17) is 15.3 Å². The number of carbonyl (C=O) groups excluding carboxylic acids is 1. The van der Waals surface area contributed by atoms with Crippen molar-refractivity contribution in [1.29, 1.82) is 10.5 Å². The Morgan fingerprint density at radius 1 is 1.11 bits per heavy atom. The molecule has 1 atom stereocenters. The predicted molar refractivity (Wildman–Crippen MR) is 104 cm³/mol. The molecule has 5 heteroatoms. The van der Waals surface area contributed by atoms with Crippen LogP contribution in [0, 0.1) is 28.1 Å². The molecule has 1 unspecified atom stereocenters. The lowest BCUT2D eigenvalue weighted by atomic mass is 9.67. The maximum Gasteiger partial charge on any atom is 0.176 e. The third-order valence-electron chi connectivity index (χ3n) is 5.41. The number of fused-ring (bicyclic) bond motifs is 1. The van der Waals surface area contributed by atoms with E-state index in [1.807, 2.05) is 19.1 Å². The van der Waals surface area contributed by atoms with Gasteiger partial charge in [0.05, 0.1) is 23.1 Å². The molecule has 2 heterocycles. The number of carbonyl (C=O) groups is 1. The van der Waals surface area contributed by atoms with Crippen LogP contribution in [0.4, 0.5) is 0 Å². The summed E-state index contributed by atoms with van der Waals surface area (Å²) in [5, 5.41) is 21.1. The Balaban J connectivity index is 0.000000369. The molecule has 5 nitrogen and oxygen atoms in total. The quantitative estimate of drug-likeness (QED) is 0.834. The second-order valence-electron chi connectivity index (χ2n) is 7.12. The monoisotopic (exact) mass is 367 g/mol. The fourth-order valence-corrected chi connectivity index (χ4v) is 3.95. The number of ketones is 1. The fourth-order valence-electron chi connectivity index (χ4n) is 3.95. The molecule has 2 aliphatic heterocycles. The minimum atomic E-state index is -0.755. The lowest BCUT2D eigenvalue weighted by molar-refractivity contribution is 0.0165. The number of para-hydroxylation sites is 1. The van der Waals surface area contributed by atoms with Crippen LogP contribution in [0.15, 0.2) is 24.3 Å². The molecule has 0 bridgehead atoms. The zero-order valence-corrected chi connectivity index (χ0v) is 16.2. The van der Waals surface area contributed by atoms with Crippen LogP contribution in [0.1, 0.15) is 68.6 Å². The zero-order valence-electron chi connectivity index (χ0n) is 16.2. The molecule has 0 amide bonds. The number of piperidine rings is 1. The molecule has 1 aromatic carbocycles. The maximum atomic E-state index is 13.0. The molecule has 1 saturated heterocycles. The molecule has 2 aliphatic rings. The molecular weight excluding hydrogens is 338 g/mol. The summed E-state index contributed by atoms with van der Waals surface area (Å²) in [6, 6.07) is 11.4. The van der Waals surface area contributed by atoms with Crippen molar-refractivity contribution in [2.24, 2.45) is 5.41 Å². The molecule has 0 aliphatic carbocycles. The van der Waals surface area contributed by atoms with E-state index >= 15 is 0 Å². The summed E-state index contributed by atoms with van der Waals surface area (Å²) in [7, 11) is 0. The SMILES string of the molecule is C1CCNCC1.CCC1Oc2ccccc2C(=O)C1(CCC#N)CCC#N. The Bertz CT molecular complexity index is 669. The number of Topliss-reactive ketones (excluding diaryl/α,β-unsaturated/α-hetero) is 1. The van der Waals surface area contributed by atoms with Gasteiger partial charge in [0.1, 0.15) is 11.9 Å². The Morgan fingerprint density at radius 3 is 2.22 bits per heavy atom. The van der Waals surface area contributed by atoms with E-state index in [9.17, 15) is 4.79 Å². The van der Waals surface area contributed by atoms with Gasteiger partial charge < -0.3 is 10.1 Å². The van der Waals surface area contributed by atoms with Gasteiger partial charge in [0, 0.05) is 12.8 Å². The summed E-state index contributed by atoms with van der Waals surface area (Å²) in [5.41, 5.74) is -0.188. The van der Waals surface area contributed by atoms with Crippen LogP contribution in [0.3, 0.4) is 0 Å². The highest BCUT2D eigenvalue weighted by Crippen LogP contribution is 2.46. The van der Waals surface area contributed by atoms with E-state index < -0.39 is 5.41 Å². The van der Waals surface area contributed by atoms with E-state index in [1.54, 1.807) is 12.1 Å². The van der Waals surface area contributed by atoms with Crippen molar-refractivity contribution in [3.05, 3.63) is 29.8 Å². The number of benzene rings is 1. The first kappa shape index (κ1) is 20.9. The summed E-state index contributed by atoms with van der Waals surface area (Å²) in [4.78, 5) is 13.0. The average molecular weight is 367 g/mol. The average Bonchev–Trinajstić information content (AvgIpc) is 2.74. The van der Waals surface area contributed by atoms with Crippen LogP contribution >= 0.6 is 0 Å². The van der Waals surface area contributed by atoms with Crippen molar-refractivity contribution < 1.29 is 9.53 Å². The fraction of sp³-hybridized carbons (Fsp3) is 0.591.